The normalized spacial score (nSPS) is 10.9. The van der Waals surface area contributed by atoms with Crippen LogP contribution >= 0.6 is 0 Å². The molecular formula is C20H17N. The number of benzene rings is 3. The summed E-state index contributed by atoms with van der Waals surface area (Å²) in [6.45, 7) is 12.7. The van der Waals surface area contributed by atoms with E-state index in [1.807, 2.05) is 12.1 Å². The van der Waals surface area contributed by atoms with E-state index in [0.717, 1.165) is 44.0 Å². The number of nitriles is 1. The summed E-state index contributed by atoms with van der Waals surface area (Å²) in [6, 6.07) is 12.7. The van der Waals surface area contributed by atoms with Gasteiger partial charge in [-0.2, -0.15) is 5.26 Å². The van der Waals surface area contributed by atoms with E-state index >= 15 is 0 Å². The van der Waals surface area contributed by atoms with Crippen molar-refractivity contribution in [3.63, 3.8) is 0 Å². The molecule has 0 aliphatic rings. The molecule has 21 heavy (non-hydrogen) atoms. The lowest BCUT2D eigenvalue weighted by molar-refractivity contribution is 1.14. The number of rotatable bonds is 1. The fourth-order valence-corrected chi connectivity index (χ4v) is 3.15. The minimum atomic E-state index is 0.699. The zero-order valence-corrected chi connectivity index (χ0v) is 12.5. The van der Waals surface area contributed by atoms with Crippen LogP contribution in [-0.4, -0.2) is 0 Å². The molecule has 0 fully saturated rings. The molecule has 0 amide bonds. The molecule has 3 aromatic rings. The molecule has 1 heteroatoms. The van der Waals surface area contributed by atoms with E-state index in [4.69, 9.17) is 0 Å². The van der Waals surface area contributed by atoms with Gasteiger partial charge in [-0.1, -0.05) is 44.3 Å². The molecule has 0 saturated carbocycles. The van der Waals surface area contributed by atoms with E-state index in [0.29, 0.717) is 5.56 Å². The molecule has 0 atom stereocenters. The lowest BCUT2D eigenvalue weighted by Crippen LogP contribution is -2.15. The molecule has 0 unspecified atom stereocenters. The number of aryl methyl sites for hydroxylation is 2. The first-order valence-corrected chi connectivity index (χ1v) is 7.14. The third-order valence-corrected chi connectivity index (χ3v) is 4.25. The minimum absolute atomic E-state index is 0.699. The van der Waals surface area contributed by atoms with Gasteiger partial charge in [0.25, 0.3) is 0 Å². The van der Waals surface area contributed by atoms with Crippen LogP contribution in [0.4, 0.5) is 0 Å². The van der Waals surface area contributed by atoms with Crippen molar-refractivity contribution in [3.05, 3.63) is 57.5 Å². The zero-order chi connectivity index (χ0) is 15.1. The van der Waals surface area contributed by atoms with Gasteiger partial charge in [0.15, 0.2) is 0 Å². The molecule has 0 N–H and O–H groups in total. The third-order valence-electron chi connectivity index (χ3n) is 4.25. The van der Waals surface area contributed by atoms with Crippen LogP contribution in [0, 0.1) is 18.3 Å². The summed E-state index contributed by atoms with van der Waals surface area (Å²) in [5.74, 6) is 0. The highest BCUT2D eigenvalue weighted by molar-refractivity contribution is 6.03. The zero-order valence-electron chi connectivity index (χ0n) is 12.5. The van der Waals surface area contributed by atoms with Gasteiger partial charge < -0.3 is 0 Å². The Kier molecular flexibility index (Phi) is 3.03. The molecule has 0 aromatic heterocycles. The van der Waals surface area contributed by atoms with Gasteiger partial charge in [-0.15, -0.1) is 0 Å². The van der Waals surface area contributed by atoms with E-state index in [1.165, 1.54) is 5.56 Å². The van der Waals surface area contributed by atoms with Crippen LogP contribution < -0.4 is 10.4 Å². The number of fused-ring (bicyclic) bond motifs is 2. The standard InChI is InChI=1S/C20H17N/c1-5-15-9-16(11-21)20-14(4)19-12(2)7-6-8-17(19)13(3)18(20)10-15/h6-10H,3-5H2,1-2H3. The SMILES string of the molecule is C=c1c2cccc(C)c2c(=C)c2c(C#N)cc(CC)cc12. The van der Waals surface area contributed by atoms with Gasteiger partial charge >= 0.3 is 0 Å². The van der Waals surface area contributed by atoms with E-state index in [-0.39, 0.29) is 0 Å². The summed E-state index contributed by atoms with van der Waals surface area (Å²) in [7, 11) is 0. The lowest BCUT2D eigenvalue weighted by Gasteiger charge is -2.11. The Morgan fingerprint density at radius 2 is 1.81 bits per heavy atom. The summed E-state index contributed by atoms with van der Waals surface area (Å²) < 4.78 is 0. The topological polar surface area (TPSA) is 23.8 Å². The summed E-state index contributed by atoms with van der Waals surface area (Å²) in [5, 5.41) is 15.7. The van der Waals surface area contributed by atoms with Crippen LogP contribution in [-0.2, 0) is 6.42 Å². The third kappa shape index (κ3) is 1.84. The van der Waals surface area contributed by atoms with Crippen LogP contribution in [0.2, 0.25) is 0 Å². The molecule has 0 aliphatic carbocycles. The maximum Gasteiger partial charge on any atom is 0.0998 e. The van der Waals surface area contributed by atoms with Crippen molar-refractivity contribution in [2.75, 3.05) is 0 Å². The molecule has 0 heterocycles. The van der Waals surface area contributed by atoms with Crippen molar-refractivity contribution in [3.8, 4) is 6.07 Å². The first-order chi connectivity index (χ1) is 10.1. The molecular weight excluding hydrogens is 254 g/mol. The molecule has 0 spiro atoms. The monoisotopic (exact) mass is 271 g/mol. The molecule has 3 aromatic carbocycles. The van der Waals surface area contributed by atoms with Crippen molar-refractivity contribution in [2.45, 2.75) is 20.3 Å². The Morgan fingerprint density at radius 3 is 2.48 bits per heavy atom. The molecule has 1 nitrogen and oxygen atoms in total. The summed E-state index contributed by atoms with van der Waals surface area (Å²) in [4.78, 5) is 0. The molecule has 0 saturated heterocycles. The first kappa shape index (κ1) is 13.4. The average Bonchev–Trinajstić information content (AvgIpc) is 2.51. The van der Waals surface area contributed by atoms with Crippen molar-refractivity contribution >= 4 is 34.7 Å². The largest absolute Gasteiger partial charge is 0.192 e. The summed E-state index contributed by atoms with van der Waals surface area (Å²) >= 11 is 0. The predicted octanol–water partition coefficient (Wildman–Crippen LogP) is 3.56. The Morgan fingerprint density at radius 1 is 1.05 bits per heavy atom. The molecule has 3 rings (SSSR count). The van der Waals surface area contributed by atoms with Crippen LogP contribution in [0.1, 0.15) is 23.6 Å². The Hall–Kier alpha value is -2.59. The summed E-state index contributed by atoms with van der Waals surface area (Å²) in [5.41, 5.74) is 3.03. The number of nitrogens with zero attached hydrogens (tertiary/aromatic N) is 1. The van der Waals surface area contributed by atoms with Crippen molar-refractivity contribution in [1.29, 1.82) is 5.26 Å². The van der Waals surface area contributed by atoms with Gasteiger partial charge in [0, 0.05) is 5.39 Å². The Labute approximate surface area is 124 Å². The fourth-order valence-electron chi connectivity index (χ4n) is 3.15. The number of hydrogen-bond donors (Lipinski definition) is 0. The molecule has 0 aliphatic heterocycles. The van der Waals surface area contributed by atoms with Crippen molar-refractivity contribution in [2.24, 2.45) is 0 Å². The first-order valence-electron chi connectivity index (χ1n) is 7.14. The predicted molar refractivity (Wildman–Crippen MR) is 90.6 cm³/mol. The average molecular weight is 271 g/mol. The van der Waals surface area contributed by atoms with Crippen LogP contribution in [0.15, 0.2) is 30.3 Å². The molecule has 0 bridgehead atoms. The summed E-state index contributed by atoms with van der Waals surface area (Å²) in [6.07, 6.45) is 0.905. The van der Waals surface area contributed by atoms with Gasteiger partial charge in [0.1, 0.15) is 0 Å². The fraction of sp³-hybridized carbons (Fsp3) is 0.150. The second-order valence-electron chi connectivity index (χ2n) is 5.49. The van der Waals surface area contributed by atoms with E-state index in [2.05, 4.69) is 51.3 Å². The van der Waals surface area contributed by atoms with Gasteiger partial charge in [0.05, 0.1) is 11.6 Å². The van der Waals surface area contributed by atoms with Crippen LogP contribution in [0.5, 0.6) is 0 Å². The quantitative estimate of drug-likeness (QED) is 0.621. The second-order valence-corrected chi connectivity index (χ2v) is 5.49. The minimum Gasteiger partial charge on any atom is -0.192 e. The van der Waals surface area contributed by atoms with E-state index < -0.39 is 0 Å². The number of hydrogen-bond acceptors (Lipinski definition) is 1. The van der Waals surface area contributed by atoms with Gasteiger partial charge in [-0.05, 0) is 57.1 Å². The highest BCUT2D eigenvalue weighted by Gasteiger charge is 2.10. The van der Waals surface area contributed by atoms with E-state index in [9.17, 15) is 5.26 Å². The maximum absolute atomic E-state index is 9.51. The van der Waals surface area contributed by atoms with Gasteiger partial charge in [-0.25, -0.2) is 0 Å². The Bertz CT molecular complexity index is 1020. The smallest absolute Gasteiger partial charge is 0.0998 e. The van der Waals surface area contributed by atoms with Crippen molar-refractivity contribution in [1.82, 2.24) is 0 Å². The van der Waals surface area contributed by atoms with Gasteiger partial charge in [-0.3, -0.25) is 0 Å². The maximum atomic E-state index is 9.51. The highest BCUT2D eigenvalue weighted by Crippen LogP contribution is 2.21. The van der Waals surface area contributed by atoms with Crippen LogP contribution in [0.3, 0.4) is 0 Å². The van der Waals surface area contributed by atoms with Gasteiger partial charge in [0.2, 0.25) is 0 Å². The highest BCUT2D eigenvalue weighted by atomic mass is 14.2. The van der Waals surface area contributed by atoms with E-state index in [1.54, 1.807) is 0 Å². The Balaban J connectivity index is 2.73. The molecule has 0 radical (unpaired) electrons. The van der Waals surface area contributed by atoms with Crippen LogP contribution in [0.25, 0.3) is 34.7 Å². The van der Waals surface area contributed by atoms with Crippen molar-refractivity contribution < 1.29 is 0 Å². The second kappa shape index (κ2) is 4.75. The molecule has 102 valence electrons. The lowest BCUT2D eigenvalue weighted by atomic mass is 9.92.